The van der Waals surface area contributed by atoms with Crippen molar-refractivity contribution in [3.05, 3.63) is 84.4 Å². The third-order valence-electron chi connectivity index (χ3n) is 5.88. The summed E-state index contributed by atoms with van der Waals surface area (Å²) in [5.41, 5.74) is 4.20. The van der Waals surface area contributed by atoms with Crippen LogP contribution >= 0.6 is 0 Å². The Morgan fingerprint density at radius 3 is 2.12 bits per heavy atom. The number of benzene rings is 3. The summed E-state index contributed by atoms with van der Waals surface area (Å²) in [5.74, 6) is 0.854. The van der Waals surface area contributed by atoms with Crippen LogP contribution in [0.5, 0.6) is 5.75 Å². The summed E-state index contributed by atoms with van der Waals surface area (Å²) in [6.45, 7) is 6.02. The predicted octanol–water partition coefficient (Wildman–Crippen LogP) is 4.12. The molecule has 0 radical (unpaired) electrons. The molecule has 3 aromatic carbocycles. The van der Waals surface area contributed by atoms with E-state index in [-0.39, 0.29) is 12.4 Å². The van der Waals surface area contributed by atoms with E-state index in [0.29, 0.717) is 6.54 Å². The van der Waals surface area contributed by atoms with Gasteiger partial charge in [-0.05, 0) is 54.4 Å². The minimum atomic E-state index is -0.537. The SMILES string of the molecule is CC(=O)c1ccc(N2CCN(C[C@H](O)COc3ccc(-c4ccccc4)cc3)CC2)cc1. The van der Waals surface area contributed by atoms with Gasteiger partial charge >= 0.3 is 0 Å². The topological polar surface area (TPSA) is 53.0 Å². The Hall–Kier alpha value is -3.15. The third kappa shape index (κ3) is 5.75. The number of β-amino-alcohol motifs (C(OH)–C–C–N with tert-alkyl or cyclic N) is 1. The van der Waals surface area contributed by atoms with Gasteiger partial charge in [-0.15, -0.1) is 0 Å². The molecular formula is C27H30N2O3. The van der Waals surface area contributed by atoms with Crippen LogP contribution in [0.2, 0.25) is 0 Å². The first-order chi connectivity index (χ1) is 15.6. The molecule has 32 heavy (non-hydrogen) atoms. The molecule has 0 bridgehead atoms. The number of ether oxygens (including phenoxy) is 1. The van der Waals surface area contributed by atoms with Crippen LogP contribution in [-0.2, 0) is 0 Å². The molecule has 1 atom stereocenters. The minimum Gasteiger partial charge on any atom is -0.491 e. The van der Waals surface area contributed by atoms with Crippen molar-refractivity contribution in [2.75, 3.05) is 44.2 Å². The number of piperazine rings is 1. The number of Topliss-reactive ketones (excluding diaryl/α,β-unsaturated/α-hetero) is 1. The van der Waals surface area contributed by atoms with Crippen LogP contribution in [0.3, 0.4) is 0 Å². The average molecular weight is 431 g/mol. The Balaban J connectivity index is 1.20. The van der Waals surface area contributed by atoms with Gasteiger partial charge in [-0.25, -0.2) is 0 Å². The highest BCUT2D eigenvalue weighted by atomic mass is 16.5. The maximum atomic E-state index is 11.4. The molecule has 1 heterocycles. The van der Waals surface area contributed by atoms with Gasteiger partial charge in [0.25, 0.3) is 0 Å². The summed E-state index contributed by atoms with van der Waals surface area (Å²) in [6, 6.07) is 26.0. The van der Waals surface area contributed by atoms with Gasteiger partial charge < -0.3 is 14.7 Å². The zero-order valence-corrected chi connectivity index (χ0v) is 18.5. The lowest BCUT2D eigenvalue weighted by atomic mass is 10.1. The van der Waals surface area contributed by atoms with E-state index in [4.69, 9.17) is 4.74 Å². The maximum Gasteiger partial charge on any atom is 0.159 e. The van der Waals surface area contributed by atoms with Crippen LogP contribution in [0.15, 0.2) is 78.9 Å². The fraction of sp³-hybridized carbons (Fsp3) is 0.296. The lowest BCUT2D eigenvalue weighted by Crippen LogP contribution is -2.49. The van der Waals surface area contributed by atoms with Gasteiger partial charge in [0.2, 0.25) is 0 Å². The predicted molar refractivity (Wildman–Crippen MR) is 128 cm³/mol. The van der Waals surface area contributed by atoms with Crippen LogP contribution in [0.1, 0.15) is 17.3 Å². The molecule has 0 saturated carbocycles. The van der Waals surface area contributed by atoms with Crippen molar-refractivity contribution < 1.29 is 14.6 Å². The van der Waals surface area contributed by atoms with Gasteiger partial charge in [-0.1, -0.05) is 42.5 Å². The van der Waals surface area contributed by atoms with E-state index in [1.54, 1.807) is 6.92 Å². The fourth-order valence-corrected chi connectivity index (χ4v) is 4.01. The smallest absolute Gasteiger partial charge is 0.159 e. The highest BCUT2D eigenvalue weighted by Crippen LogP contribution is 2.22. The molecule has 4 rings (SSSR count). The van der Waals surface area contributed by atoms with Crippen LogP contribution in [0.4, 0.5) is 5.69 Å². The van der Waals surface area contributed by atoms with Crippen molar-refractivity contribution in [2.24, 2.45) is 0 Å². The number of rotatable bonds is 8. The Bertz CT molecular complexity index is 995. The van der Waals surface area contributed by atoms with Crippen molar-refractivity contribution in [3.8, 4) is 16.9 Å². The number of aliphatic hydroxyl groups is 1. The molecule has 1 N–H and O–H groups in total. The molecule has 5 heteroatoms. The maximum absolute atomic E-state index is 11.4. The summed E-state index contributed by atoms with van der Waals surface area (Å²) < 4.78 is 5.81. The van der Waals surface area contributed by atoms with E-state index in [2.05, 4.69) is 21.9 Å². The first-order valence-corrected chi connectivity index (χ1v) is 11.1. The first kappa shape index (κ1) is 22.1. The number of hydrogen-bond acceptors (Lipinski definition) is 5. The van der Waals surface area contributed by atoms with Crippen LogP contribution in [0.25, 0.3) is 11.1 Å². The Morgan fingerprint density at radius 1 is 0.875 bits per heavy atom. The molecule has 1 aliphatic rings. The number of aliphatic hydroxyl groups excluding tert-OH is 1. The number of hydrogen-bond donors (Lipinski definition) is 1. The summed E-state index contributed by atoms with van der Waals surface area (Å²) in [4.78, 5) is 16.0. The van der Waals surface area contributed by atoms with Crippen molar-refractivity contribution in [2.45, 2.75) is 13.0 Å². The Labute approximate surface area is 189 Å². The van der Waals surface area contributed by atoms with E-state index in [1.807, 2.05) is 66.7 Å². The third-order valence-corrected chi connectivity index (χ3v) is 5.88. The quantitative estimate of drug-likeness (QED) is 0.545. The zero-order valence-electron chi connectivity index (χ0n) is 18.5. The van der Waals surface area contributed by atoms with Gasteiger partial charge in [0, 0.05) is 44.0 Å². The van der Waals surface area contributed by atoms with Crippen LogP contribution in [0, 0.1) is 0 Å². The van der Waals surface area contributed by atoms with E-state index in [1.165, 1.54) is 5.56 Å². The van der Waals surface area contributed by atoms with E-state index < -0.39 is 6.10 Å². The largest absolute Gasteiger partial charge is 0.491 e. The van der Waals surface area contributed by atoms with E-state index in [9.17, 15) is 9.90 Å². The highest BCUT2D eigenvalue weighted by Gasteiger charge is 2.20. The summed E-state index contributed by atoms with van der Waals surface area (Å²) >= 11 is 0. The number of nitrogens with zero attached hydrogens (tertiary/aromatic N) is 2. The molecule has 5 nitrogen and oxygen atoms in total. The Morgan fingerprint density at radius 2 is 1.50 bits per heavy atom. The first-order valence-electron chi connectivity index (χ1n) is 11.1. The highest BCUT2D eigenvalue weighted by molar-refractivity contribution is 5.94. The molecule has 0 spiro atoms. The van der Waals surface area contributed by atoms with Crippen molar-refractivity contribution in [1.29, 1.82) is 0 Å². The minimum absolute atomic E-state index is 0.0877. The van der Waals surface area contributed by atoms with Gasteiger partial charge in [0.1, 0.15) is 18.5 Å². The van der Waals surface area contributed by atoms with Gasteiger partial charge in [0.15, 0.2) is 5.78 Å². The van der Waals surface area contributed by atoms with E-state index >= 15 is 0 Å². The molecule has 166 valence electrons. The molecule has 0 amide bonds. The van der Waals surface area contributed by atoms with Crippen LogP contribution in [-0.4, -0.2) is 61.2 Å². The second-order valence-corrected chi connectivity index (χ2v) is 8.25. The standard InChI is InChI=1S/C27H30N2O3/c1-21(30)22-7-11-25(12-8-22)29-17-15-28(16-18-29)19-26(31)20-32-27-13-9-24(10-14-27)23-5-3-2-4-6-23/h2-14,26,31H,15-20H2,1H3/t26-/m0/s1. The van der Waals surface area contributed by atoms with Crippen LogP contribution < -0.4 is 9.64 Å². The molecule has 3 aromatic rings. The van der Waals surface area contributed by atoms with Crippen molar-refractivity contribution >= 4 is 11.5 Å². The van der Waals surface area contributed by atoms with E-state index in [0.717, 1.165) is 48.7 Å². The second-order valence-electron chi connectivity index (χ2n) is 8.25. The van der Waals surface area contributed by atoms with Gasteiger partial charge in [-0.3, -0.25) is 9.69 Å². The fourth-order valence-electron chi connectivity index (χ4n) is 4.01. The lowest BCUT2D eigenvalue weighted by Gasteiger charge is -2.36. The summed E-state index contributed by atoms with van der Waals surface area (Å²) in [5, 5.41) is 10.4. The number of anilines is 1. The molecule has 0 aliphatic carbocycles. The summed E-state index contributed by atoms with van der Waals surface area (Å²) in [7, 11) is 0. The molecule has 0 aromatic heterocycles. The number of carbonyl (C=O) groups excluding carboxylic acids is 1. The molecule has 0 unspecified atom stereocenters. The molecule has 1 aliphatic heterocycles. The number of carbonyl (C=O) groups is 1. The monoisotopic (exact) mass is 430 g/mol. The van der Waals surface area contributed by atoms with Gasteiger partial charge in [0.05, 0.1) is 0 Å². The molecular weight excluding hydrogens is 400 g/mol. The van der Waals surface area contributed by atoms with Crippen molar-refractivity contribution in [3.63, 3.8) is 0 Å². The molecule has 1 saturated heterocycles. The zero-order chi connectivity index (χ0) is 22.3. The second kappa shape index (κ2) is 10.4. The summed E-state index contributed by atoms with van der Waals surface area (Å²) in [6.07, 6.45) is -0.537. The average Bonchev–Trinajstić information content (AvgIpc) is 2.84. The van der Waals surface area contributed by atoms with Gasteiger partial charge in [-0.2, -0.15) is 0 Å². The lowest BCUT2D eigenvalue weighted by molar-refractivity contribution is 0.0663. The Kier molecular flexibility index (Phi) is 7.20. The van der Waals surface area contributed by atoms with Crippen molar-refractivity contribution in [1.82, 2.24) is 4.90 Å². The number of ketones is 1. The molecule has 1 fully saturated rings. The normalized spacial score (nSPS) is 15.4.